The van der Waals surface area contributed by atoms with E-state index < -0.39 is 0 Å². The van der Waals surface area contributed by atoms with Crippen LogP contribution in [0.3, 0.4) is 0 Å². The average Bonchev–Trinajstić information content (AvgIpc) is 2.26. The van der Waals surface area contributed by atoms with Gasteiger partial charge in [0.25, 0.3) is 0 Å². The standard InChI is InChI=1S/C13H22N2O/c1-11-4-6-13(7-5-11)16-10-12(8-9-14)15(2)3/h4-7,12H,8-10,14H2,1-3H3. The minimum atomic E-state index is 0.381. The largest absolute Gasteiger partial charge is 0.492 e. The van der Waals surface area contributed by atoms with Gasteiger partial charge in [-0.3, -0.25) is 0 Å². The van der Waals surface area contributed by atoms with Crippen molar-refractivity contribution in [2.24, 2.45) is 5.73 Å². The Kier molecular flexibility index (Phi) is 5.29. The third-order valence-electron chi connectivity index (χ3n) is 2.69. The van der Waals surface area contributed by atoms with Crippen LogP contribution in [0.4, 0.5) is 0 Å². The Balaban J connectivity index is 2.45. The van der Waals surface area contributed by atoms with Crippen LogP contribution in [-0.4, -0.2) is 38.2 Å². The minimum Gasteiger partial charge on any atom is -0.492 e. The predicted octanol–water partition coefficient (Wildman–Crippen LogP) is 1.65. The van der Waals surface area contributed by atoms with E-state index in [0.29, 0.717) is 19.2 Å². The van der Waals surface area contributed by atoms with Crippen molar-refractivity contribution in [2.45, 2.75) is 19.4 Å². The van der Waals surface area contributed by atoms with Gasteiger partial charge in [-0.2, -0.15) is 0 Å². The molecule has 90 valence electrons. The molecule has 1 aromatic carbocycles. The number of aryl methyl sites for hydroxylation is 1. The lowest BCUT2D eigenvalue weighted by atomic mass is 10.2. The second-order valence-electron chi connectivity index (χ2n) is 4.32. The van der Waals surface area contributed by atoms with E-state index in [2.05, 4.69) is 38.1 Å². The monoisotopic (exact) mass is 222 g/mol. The highest BCUT2D eigenvalue weighted by Gasteiger charge is 2.10. The Hall–Kier alpha value is -1.06. The van der Waals surface area contributed by atoms with E-state index in [4.69, 9.17) is 10.5 Å². The highest BCUT2D eigenvalue weighted by atomic mass is 16.5. The fourth-order valence-corrected chi connectivity index (χ4v) is 1.51. The molecule has 0 spiro atoms. The third-order valence-corrected chi connectivity index (χ3v) is 2.69. The molecule has 3 heteroatoms. The molecule has 1 unspecified atom stereocenters. The zero-order valence-electron chi connectivity index (χ0n) is 10.4. The van der Waals surface area contributed by atoms with Gasteiger partial charge in [0, 0.05) is 6.04 Å². The number of rotatable bonds is 6. The first kappa shape index (κ1) is 13.0. The van der Waals surface area contributed by atoms with Gasteiger partial charge in [-0.05, 0) is 46.1 Å². The van der Waals surface area contributed by atoms with E-state index in [9.17, 15) is 0 Å². The van der Waals surface area contributed by atoms with Crippen molar-refractivity contribution in [1.29, 1.82) is 0 Å². The summed E-state index contributed by atoms with van der Waals surface area (Å²) in [5.41, 5.74) is 6.82. The van der Waals surface area contributed by atoms with Crippen LogP contribution in [0.15, 0.2) is 24.3 Å². The SMILES string of the molecule is Cc1ccc(OCC(CCN)N(C)C)cc1. The van der Waals surface area contributed by atoms with Gasteiger partial charge in [0.2, 0.25) is 0 Å². The van der Waals surface area contributed by atoms with Gasteiger partial charge >= 0.3 is 0 Å². The molecular weight excluding hydrogens is 200 g/mol. The van der Waals surface area contributed by atoms with E-state index in [-0.39, 0.29) is 0 Å². The summed E-state index contributed by atoms with van der Waals surface area (Å²) in [4.78, 5) is 2.15. The van der Waals surface area contributed by atoms with Crippen molar-refractivity contribution in [3.8, 4) is 5.75 Å². The Morgan fingerprint density at radius 2 is 1.88 bits per heavy atom. The zero-order chi connectivity index (χ0) is 12.0. The highest BCUT2D eigenvalue weighted by molar-refractivity contribution is 5.26. The van der Waals surface area contributed by atoms with Crippen LogP contribution in [-0.2, 0) is 0 Å². The summed E-state index contributed by atoms with van der Waals surface area (Å²) in [6, 6.07) is 8.51. The molecule has 0 radical (unpaired) electrons. The van der Waals surface area contributed by atoms with Gasteiger partial charge in [0.15, 0.2) is 0 Å². The molecule has 16 heavy (non-hydrogen) atoms. The fourth-order valence-electron chi connectivity index (χ4n) is 1.51. The molecule has 0 fully saturated rings. The van der Waals surface area contributed by atoms with Gasteiger partial charge in [-0.1, -0.05) is 17.7 Å². The number of likely N-dealkylation sites (N-methyl/N-ethyl adjacent to an activating group) is 1. The number of hydrogen-bond acceptors (Lipinski definition) is 3. The van der Waals surface area contributed by atoms with Gasteiger partial charge in [-0.15, -0.1) is 0 Å². The van der Waals surface area contributed by atoms with Crippen LogP contribution in [0.25, 0.3) is 0 Å². The maximum atomic E-state index is 5.74. The van der Waals surface area contributed by atoms with E-state index >= 15 is 0 Å². The minimum absolute atomic E-state index is 0.381. The average molecular weight is 222 g/mol. The molecule has 1 aromatic rings. The van der Waals surface area contributed by atoms with Gasteiger partial charge in [0.05, 0.1) is 0 Å². The molecule has 1 atom stereocenters. The first-order valence-corrected chi connectivity index (χ1v) is 5.69. The lowest BCUT2D eigenvalue weighted by Gasteiger charge is -2.23. The van der Waals surface area contributed by atoms with Crippen molar-refractivity contribution in [3.63, 3.8) is 0 Å². The van der Waals surface area contributed by atoms with Gasteiger partial charge < -0.3 is 15.4 Å². The van der Waals surface area contributed by atoms with Crippen molar-refractivity contribution in [1.82, 2.24) is 4.90 Å². The van der Waals surface area contributed by atoms with Gasteiger partial charge in [0.1, 0.15) is 12.4 Å². The smallest absolute Gasteiger partial charge is 0.119 e. The van der Waals surface area contributed by atoms with Crippen LogP contribution < -0.4 is 10.5 Å². The van der Waals surface area contributed by atoms with Crippen molar-refractivity contribution in [3.05, 3.63) is 29.8 Å². The Morgan fingerprint density at radius 3 is 2.38 bits per heavy atom. The molecule has 0 aromatic heterocycles. The number of benzene rings is 1. The second kappa shape index (κ2) is 6.51. The van der Waals surface area contributed by atoms with E-state index in [0.717, 1.165) is 12.2 Å². The maximum absolute atomic E-state index is 5.74. The van der Waals surface area contributed by atoms with Gasteiger partial charge in [-0.25, -0.2) is 0 Å². The Labute approximate surface area is 98.2 Å². The van der Waals surface area contributed by atoms with E-state index in [1.807, 2.05) is 12.1 Å². The molecule has 3 nitrogen and oxygen atoms in total. The lowest BCUT2D eigenvalue weighted by Crippen LogP contribution is -2.35. The molecule has 0 saturated carbocycles. The lowest BCUT2D eigenvalue weighted by molar-refractivity contribution is 0.179. The molecule has 2 N–H and O–H groups in total. The molecule has 0 heterocycles. The Morgan fingerprint density at radius 1 is 1.25 bits per heavy atom. The molecule has 0 bridgehead atoms. The highest BCUT2D eigenvalue weighted by Crippen LogP contribution is 2.12. The topological polar surface area (TPSA) is 38.5 Å². The molecule has 0 aliphatic carbocycles. The summed E-state index contributed by atoms with van der Waals surface area (Å²) in [7, 11) is 4.11. The summed E-state index contributed by atoms with van der Waals surface area (Å²) >= 11 is 0. The second-order valence-corrected chi connectivity index (χ2v) is 4.32. The number of ether oxygens (including phenoxy) is 1. The first-order valence-electron chi connectivity index (χ1n) is 5.69. The molecule has 0 amide bonds. The van der Waals surface area contributed by atoms with Crippen molar-refractivity contribution >= 4 is 0 Å². The van der Waals surface area contributed by atoms with Crippen LogP contribution >= 0.6 is 0 Å². The molecule has 0 aliphatic heterocycles. The summed E-state index contributed by atoms with van der Waals surface area (Å²) in [5.74, 6) is 0.925. The molecular formula is C13H22N2O. The Bertz CT molecular complexity index is 295. The number of nitrogens with two attached hydrogens (primary N) is 1. The summed E-state index contributed by atoms with van der Waals surface area (Å²) < 4.78 is 5.74. The molecule has 0 aliphatic rings. The van der Waals surface area contributed by atoms with Crippen molar-refractivity contribution < 1.29 is 4.74 Å². The predicted molar refractivity (Wildman–Crippen MR) is 67.8 cm³/mol. The van der Waals surface area contributed by atoms with E-state index in [1.165, 1.54) is 5.56 Å². The quantitative estimate of drug-likeness (QED) is 0.795. The molecule has 0 saturated heterocycles. The fraction of sp³-hybridized carbons (Fsp3) is 0.538. The van der Waals surface area contributed by atoms with Crippen LogP contribution in [0, 0.1) is 6.92 Å². The summed E-state index contributed by atoms with van der Waals surface area (Å²) in [6.45, 7) is 3.45. The molecule has 1 rings (SSSR count). The maximum Gasteiger partial charge on any atom is 0.119 e. The zero-order valence-corrected chi connectivity index (χ0v) is 10.4. The third kappa shape index (κ3) is 4.21. The first-order chi connectivity index (χ1) is 7.63. The number of nitrogens with zero attached hydrogens (tertiary/aromatic N) is 1. The van der Waals surface area contributed by atoms with E-state index in [1.54, 1.807) is 0 Å². The van der Waals surface area contributed by atoms with Crippen LogP contribution in [0.1, 0.15) is 12.0 Å². The number of hydrogen-bond donors (Lipinski definition) is 1. The van der Waals surface area contributed by atoms with Crippen molar-refractivity contribution in [2.75, 3.05) is 27.2 Å². The summed E-state index contributed by atoms with van der Waals surface area (Å²) in [6.07, 6.45) is 0.957. The summed E-state index contributed by atoms with van der Waals surface area (Å²) in [5, 5.41) is 0. The normalized spacial score (nSPS) is 12.8. The van der Waals surface area contributed by atoms with Crippen LogP contribution in [0.5, 0.6) is 5.75 Å². The van der Waals surface area contributed by atoms with Crippen LogP contribution in [0.2, 0.25) is 0 Å².